The van der Waals surface area contributed by atoms with Crippen molar-refractivity contribution in [3.63, 3.8) is 0 Å². The molecule has 1 aromatic carbocycles. The third-order valence-corrected chi connectivity index (χ3v) is 6.68. The Kier molecular flexibility index (Phi) is 5.53. The number of rotatable bonds is 1. The maximum absolute atomic E-state index is 13.4. The largest absolute Gasteiger partial charge is 0.416 e. The van der Waals surface area contributed by atoms with E-state index in [4.69, 9.17) is 11.6 Å². The van der Waals surface area contributed by atoms with Gasteiger partial charge in [-0.05, 0) is 30.2 Å². The minimum Gasteiger partial charge on any atom is -0.351 e. The van der Waals surface area contributed by atoms with E-state index < -0.39 is 35.0 Å². The molecular formula is C19H17ClF3N5O3S. The van der Waals surface area contributed by atoms with Crippen LogP contribution in [-0.4, -0.2) is 54.4 Å². The molecule has 0 aliphatic carbocycles. The molecule has 1 spiro atoms. The van der Waals surface area contributed by atoms with Crippen LogP contribution in [0.2, 0.25) is 4.34 Å². The first-order valence-electron chi connectivity index (χ1n) is 9.47. The van der Waals surface area contributed by atoms with Crippen LogP contribution in [0.3, 0.4) is 0 Å². The molecule has 1 saturated heterocycles. The van der Waals surface area contributed by atoms with Crippen LogP contribution in [0.5, 0.6) is 0 Å². The highest BCUT2D eigenvalue weighted by atomic mass is 35.5. The molecule has 3 heterocycles. The second-order valence-electron chi connectivity index (χ2n) is 7.55. The molecule has 8 nitrogen and oxygen atoms in total. The summed E-state index contributed by atoms with van der Waals surface area (Å²) in [6, 6.07) is 2.62. The topological polar surface area (TPSA) is 94.6 Å². The van der Waals surface area contributed by atoms with Crippen molar-refractivity contribution >= 4 is 51.6 Å². The average molecular weight is 488 g/mol. The van der Waals surface area contributed by atoms with Crippen LogP contribution in [0, 0.1) is 0 Å². The maximum atomic E-state index is 13.4. The molecule has 13 heteroatoms. The van der Waals surface area contributed by atoms with Crippen molar-refractivity contribution in [2.45, 2.75) is 18.0 Å². The van der Waals surface area contributed by atoms with Crippen LogP contribution in [0.4, 0.5) is 28.8 Å². The fourth-order valence-electron chi connectivity index (χ4n) is 4.14. The number of halogens is 4. The first kappa shape index (κ1) is 22.3. The third-order valence-electron chi connectivity index (χ3n) is 5.65. The van der Waals surface area contributed by atoms with Crippen molar-refractivity contribution in [2.24, 2.45) is 0 Å². The highest BCUT2D eigenvalue weighted by molar-refractivity contribution is 7.19. The van der Waals surface area contributed by atoms with Gasteiger partial charge in [-0.1, -0.05) is 22.9 Å². The number of nitrogens with one attached hydrogen (secondary N) is 2. The molecule has 1 aromatic heterocycles. The molecule has 0 radical (unpaired) electrons. The van der Waals surface area contributed by atoms with Crippen LogP contribution in [0.25, 0.3) is 0 Å². The van der Waals surface area contributed by atoms with Gasteiger partial charge in [-0.25, -0.2) is 9.78 Å². The number of hydrogen-bond donors (Lipinski definition) is 2. The summed E-state index contributed by atoms with van der Waals surface area (Å²) in [4.78, 5) is 43.6. The second-order valence-corrected chi connectivity index (χ2v) is 9.21. The Morgan fingerprint density at radius 2 is 2.00 bits per heavy atom. The monoisotopic (exact) mass is 487 g/mol. The number of aromatic nitrogens is 1. The van der Waals surface area contributed by atoms with Gasteiger partial charge in [0, 0.05) is 37.8 Å². The van der Waals surface area contributed by atoms with Crippen molar-refractivity contribution in [2.75, 3.05) is 36.9 Å². The number of fused-ring (bicyclic) bond motifs is 2. The normalized spacial score (nSPS) is 19.9. The van der Waals surface area contributed by atoms with Gasteiger partial charge in [0.05, 0.1) is 11.8 Å². The Bertz CT molecular complexity index is 1110. The lowest BCUT2D eigenvalue weighted by Crippen LogP contribution is -2.44. The quantitative estimate of drug-likeness (QED) is 0.604. The summed E-state index contributed by atoms with van der Waals surface area (Å²) in [6.07, 6.45) is -2.90. The van der Waals surface area contributed by atoms with E-state index in [-0.39, 0.29) is 24.8 Å². The molecule has 32 heavy (non-hydrogen) atoms. The van der Waals surface area contributed by atoms with E-state index in [1.54, 1.807) is 0 Å². The first-order valence-corrected chi connectivity index (χ1v) is 10.7. The molecule has 170 valence electrons. The van der Waals surface area contributed by atoms with E-state index in [2.05, 4.69) is 15.6 Å². The molecule has 0 bridgehead atoms. The number of alkyl halides is 3. The lowest BCUT2D eigenvalue weighted by atomic mass is 9.81. The molecule has 2 aromatic rings. The van der Waals surface area contributed by atoms with E-state index in [9.17, 15) is 27.6 Å². The standard InChI is InChI=1S/C19H17ClF3N5O3S/c1-24-14(29)15(30)27-5-4-18(8-27)9-28(17(31)26-16-25-7-13(20)32-16)12-3-2-10(6-11(12)18)19(21,22)23/h2-3,6-7H,4-5,8-9H2,1H3,(H,24,29)(H,25,26,31). The van der Waals surface area contributed by atoms with E-state index in [0.29, 0.717) is 22.0 Å². The molecule has 0 saturated carbocycles. The number of carbonyl (C=O) groups excluding carboxylic acids is 3. The molecule has 2 aliphatic rings. The van der Waals surface area contributed by atoms with E-state index in [1.165, 1.54) is 29.1 Å². The SMILES string of the molecule is CNC(=O)C(=O)N1CCC2(C1)CN(C(=O)Nc1ncc(Cl)s1)c1ccc(C(F)(F)F)cc12. The zero-order valence-corrected chi connectivity index (χ0v) is 18.2. The van der Waals surface area contributed by atoms with Crippen LogP contribution in [0.1, 0.15) is 17.5 Å². The number of thiazole rings is 1. The van der Waals surface area contributed by atoms with Gasteiger partial charge >= 0.3 is 24.0 Å². The zero-order valence-electron chi connectivity index (χ0n) is 16.6. The van der Waals surface area contributed by atoms with E-state index in [1.807, 2.05) is 0 Å². The van der Waals surface area contributed by atoms with Crippen molar-refractivity contribution in [1.29, 1.82) is 0 Å². The van der Waals surface area contributed by atoms with E-state index in [0.717, 1.165) is 23.5 Å². The predicted molar refractivity (Wildman–Crippen MR) is 112 cm³/mol. The third kappa shape index (κ3) is 3.88. The highest BCUT2D eigenvalue weighted by Gasteiger charge is 2.51. The predicted octanol–water partition coefficient (Wildman–Crippen LogP) is 3.08. The molecule has 1 fully saturated rings. The van der Waals surface area contributed by atoms with Crippen LogP contribution < -0.4 is 15.5 Å². The summed E-state index contributed by atoms with van der Waals surface area (Å²) in [7, 11) is 1.32. The summed E-state index contributed by atoms with van der Waals surface area (Å²) >= 11 is 6.89. The number of nitrogens with zero attached hydrogens (tertiary/aromatic N) is 3. The maximum Gasteiger partial charge on any atom is 0.416 e. The molecule has 2 aliphatic heterocycles. The Morgan fingerprint density at radius 3 is 2.62 bits per heavy atom. The summed E-state index contributed by atoms with van der Waals surface area (Å²) in [5.74, 6) is -1.57. The number of likely N-dealkylation sites (tertiary alicyclic amines) is 1. The number of likely N-dealkylation sites (N-methyl/N-ethyl adjacent to an activating group) is 1. The fraction of sp³-hybridized carbons (Fsp3) is 0.368. The lowest BCUT2D eigenvalue weighted by molar-refractivity contribution is -0.145. The number of urea groups is 1. The molecule has 1 unspecified atom stereocenters. The summed E-state index contributed by atoms with van der Waals surface area (Å²) in [5.41, 5.74) is -1.15. The van der Waals surface area contributed by atoms with Crippen molar-refractivity contribution < 1.29 is 27.6 Å². The Hall–Kier alpha value is -2.86. The first-order chi connectivity index (χ1) is 15.0. The van der Waals surface area contributed by atoms with E-state index >= 15 is 0 Å². The Morgan fingerprint density at radius 1 is 1.25 bits per heavy atom. The summed E-state index contributed by atoms with van der Waals surface area (Å²) in [5, 5.41) is 5.10. The number of amides is 4. The van der Waals surface area contributed by atoms with Crippen molar-refractivity contribution in [3.05, 3.63) is 39.9 Å². The zero-order chi connectivity index (χ0) is 23.3. The van der Waals surface area contributed by atoms with Crippen LogP contribution >= 0.6 is 22.9 Å². The van der Waals surface area contributed by atoms with Gasteiger partial charge in [0.1, 0.15) is 4.34 Å². The lowest BCUT2D eigenvalue weighted by Gasteiger charge is -2.25. The average Bonchev–Trinajstić information content (AvgIpc) is 3.44. The van der Waals surface area contributed by atoms with Gasteiger partial charge in [-0.3, -0.25) is 19.8 Å². The minimum atomic E-state index is -4.57. The van der Waals surface area contributed by atoms with Crippen molar-refractivity contribution in [3.8, 4) is 0 Å². The fourth-order valence-corrected chi connectivity index (χ4v) is 4.95. The smallest absolute Gasteiger partial charge is 0.351 e. The second kappa shape index (κ2) is 7.93. The number of hydrogen-bond acceptors (Lipinski definition) is 5. The van der Waals surface area contributed by atoms with Gasteiger partial charge < -0.3 is 10.2 Å². The number of benzene rings is 1. The molecular weight excluding hydrogens is 471 g/mol. The van der Waals surface area contributed by atoms with Crippen LogP contribution in [0.15, 0.2) is 24.4 Å². The van der Waals surface area contributed by atoms with Gasteiger partial charge in [0.15, 0.2) is 5.13 Å². The molecule has 1 atom stereocenters. The van der Waals surface area contributed by atoms with Gasteiger partial charge in [0.25, 0.3) is 0 Å². The molecule has 4 rings (SSSR count). The number of anilines is 2. The molecule has 2 N–H and O–H groups in total. The Labute approximate surface area is 189 Å². The number of carbonyl (C=O) groups is 3. The van der Waals surface area contributed by atoms with Crippen LogP contribution in [-0.2, 0) is 21.2 Å². The van der Waals surface area contributed by atoms with Gasteiger partial charge in [-0.15, -0.1) is 0 Å². The molecule has 4 amide bonds. The highest BCUT2D eigenvalue weighted by Crippen LogP contribution is 2.48. The van der Waals surface area contributed by atoms with Gasteiger partial charge in [0.2, 0.25) is 0 Å². The summed E-state index contributed by atoms with van der Waals surface area (Å²) in [6.45, 7) is 0.242. The minimum absolute atomic E-state index is 0.0143. The Balaban J connectivity index is 1.69. The van der Waals surface area contributed by atoms with Crippen molar-refractivity contribution in [1.82, 2.24) is 15.2 Å². The van der Waals surface area contributed by atoms with Gasteiger partial charge in [-0.2, -0.15) is 13.2 Å². The summed E-state index contributed by atoms with van der Waals surface area (Å²) < 4.78 is 40.6.